The predicted molar refractivity (Wildman–Crippen MR) is 132 cm³/mol. The minimum absolute atomic E-state index is 0.0352. The van der Waals surface area contributed by atoms with Crippen LogP contribution in [0.3, 0.4) is 0 Å². The van der Waals surface area contributed by atoms with Crippen LogP contribution in [0, 0.1) is 0 Å². The third-order valence-electron chi connectivity index (χ3n) is 6.40. The lowest BCUT2D eigenvalue weighted by atomic mass is 9.78. The van der Waals surface area contributed by atoms with Gasteiger partial charge >= 0.3 is 6.36 Å². The van der Waals surface area contributed by atoms with Gasteiger partial charge in [-0.1, -0.05) is 35.9 Å². The maximum Gasteiger partial charge on any atom is 0.573 e. The molecule has 0 unspecified atom stereocenters. The molecule has 1 saturated heterocycles. The molecule has 1 saturated carbocycles. The number of rotatable bonds is 9. The lowest BCUT2D eigenvalue weighted by Crippen LogP contribution is -2.60. The molecule has 2 aliphatic rings. The number of alkyl halides is 3. The molecular weight excluding hydrogens is 527 g/mol. The van der Waals surface area contributed by atoms with E-state index < -0.39 is 36.1 Å². The second-order valence-corrected chi connectivity index (χ2v) is 10.3. The van der Waals surface area contributed by atoms with E-state index in [-0.39, 0.29) is 37.7 Å². The normalized spacial score (nSPS) is 26.6. The largest absolute Gasteiger partial charge is 0.573 e. The summed E-state index contributed by atoms with van der Waals surface area (Å²) in [6.07, 6.45) is -6.07. The highest BCUT2D eigenvalue weighted by atomic mass is 35.5. The maximum absolute atomic E-state index is 13.4. The SMILES string of the molecule is CCNC(=O)[C@@]1(OCc2cccc(Cl)c2)C[C@H](OCc2cccc(OC(F)(F)F)c2)[C@@H]2OC(C)(C)O[C@@H]2C1. The van der Waals surface area contributed by atoms with Crippen LogP contribution in [0.5, 0.6) is 5.75 Å². The maximum atomic E-state index is 13.4. The van der Waals surface area contributed by atoms with Crippen LogP contribution in [0.25, 0.3) is 0 Å². The zero-order valence-electron chi connectivity index (χ0n) is 21.3. The van der Waals surface area contributed by atoms with Crippen LogP contribution in [0.4, 0.5) is 13.2 Å². The van der Waals surface area contributed by atoms with Crippen molar-refractivity contribution < 1.29 is 41.7 Å². The van der Waals surface area contributed by atoms with Crippen LogP contribution < -0.4 is 10.1 Å². The van der Waals surface area contributed by atoms with Gasteiger partial charge < -0.3 is 29.0 Å². The van der Waals surface area contributed by atoms with Crippen LogP contribution >= 0.6 is 11.6 Å². The molecule has 0 aromatic heterocycles. The Balaban J connectivity index is 1.57. The number of amides is 1. The second kappa shape index (κ2) is 11.4. The Kier molecular flexibility index (Phi) is 8.59. The molecule has 208 valence electrons. The predicted octanol–water partition coefficient (Wildman–Crippen LogP) is 5.53. The van der Waals surface area contributed by atoms with Gasteiger partial charge in [-0.2, -0.15) is 0 Å². The zero-order chi connectivity index (χ0) is 27.6. The number of nitrogens with one attached hydrogen (secondary N) is 1. The highest BCUT2D eigenvalue weighted by molar-refractivity contribution is 6.30. The van der Waals surface area contributed by atoms with E-state index in [2.05, 4.69) is 10.1 Å². The van der Waals surface area contributed by atoms with Gasteiger partial charge in [0.15, 0.2) is 11.4 Å². The Morgan fingerprint density at radius 3 is 2.47 bits per heavy atom. The number of fused-ring (bicyclic) bond motifs is 1. The zero-order valence-corrected chi connectivity index (χ0v) is 22.1. The van der Waals surface area contributed by atoms with Crippen LogP contribution in [0.2, 0.25) is 5.02 Å². The number of carbonyl (C=O) groups excluding carboxylic acids is 1. The smallest absolute Gasteiger partial charge is 0.406 e. The number of benzene rings is 2. The minimum Gasteiger partial charge on any atom is -0.406 e. The quantitative estimate of drug-likeness (QED) is 0.437. The second-order valence-electron chi connectivity index (χ2n) is 9.86. The number of ether oxygens (including phenoxy) is 5. The highest BCUT2D eigenvalue weighted by Gasteiger charge is 2.58. The molecule has 0 bridgehead atoms. The van der Waals surface area contributed by atoms with Crippen molar-refractivity contribution in [3.8, 4) is 5.75 Å². The summed E-state index contributed by atoms with van der Waals surface area (Å²) in [5, 5.41) is 3.41. The van der Waals surface area contributed by atoms with E-state index >= 15 is 0 Å². The molecule has 1 heterocycles. The van der Waals surface area contributed by atoms with E-state index in [0.29, 0.717) is 17.1 Å². The van der Waals surface area contributed by atoms with Gasteiger partial charge in [0.1, 0.15) is 11.9 Å². The van der Waals surface area contributed by atoms with Crippen molar-refractivity contribution in [3.63, 3.8) is 0 Å². The monoisotopic (exact) mass is 557 g/mol. The minimum atomic E-state index is -4.80. The molecule has 4 atom stereocenters. The molecule has 11 heteroatoms. The first kappa shape index (κ1) is 28.6. The van der Waals surface area contributed by atoms with Gasteiger partial charge in [0.25, 0.3) is 5.91 Å². The van der Waals surface area contributed by atoms with Crippen molar-refractivity contribution >= 4 is 17.5 Å². The number of hydrogen-bond acceptors (Lipinski definition) is 6. The number of halogens is 4. The molecule has 38 heavy (non-hydrogen) atoms. The molecule has 2 aromatic carbocycles. The molecule has 1 N–H and O–H groups in total. The third-order valence-corrected chi connectivity index (χ3v) is 6.64. The summed E-state index contributed by atoms with van der Waals surface area (Å²) < 4.78 is 66.8. The molecule has 0 spiro atoms. The van der Waals surface area contributed by atoms with E-state index in [4.69, 9.17) is 30.5 Å². The average Bonchev–Trinajstić information content (AvgIpc) is 3.14. The van der Waals surface area contributed by atoms with Gasteiger partial charge in [-0.05, 0) is 56.2 Å². The van der Waals surface area contributed by atoms with Crippen LogP contribution in [-0.2, 0) is 37.0 Å². The first-order valence-electron chi connectivity index (χ1n) is 12.4. The van der Waals surface area contributed by atoms with Crippen molar-refractivity contribution in [2.45, 2.75) is 82.9 Å². The highest BCUT2D eigenvalue weighted by Crippen LogP contribution is 2.44. The van der Waals surface area contributed by atoms with Crippen molar-refractivity contribution in [3.05, 3.63) is 64.7 Å². The first-order chi connectivity index (χ1) is 17.9. The summed E-state index contributed by atoms with van der Waals surface area (Å²) >= 11 is 6.12. The van der Waals surface area contributed by atoms with Gasteiger partial charge in [-0.3, -0.25) is 4.79 Å². The van der Waals surface area contributed by atoms with Crippen molar-refractivity contribution in [2.75, 3.05) is 6.54 Å². The fourth-order valence-electron chi connectivity index (χ4n) is 4.91. The molecule has 4 rings (SSSR count). The summed E-state index contributed by atoms with van der Waals surface area (Å²) in [6.45, 7) is 5.86. The summed E-state index contributed by atoms with van der Waals surface area (Å²) in [5.41, 5.74) is -0.0310. The molecule has 1 amide bonds. The van der Waals surface area contributed by atoms with E-state index in [1.807, 2.05) is 13.0 Å². The number of carbonyl (C=O) groups is 1. The van der Waals surface area contributed by atoms with Gasteiger partial charge in [-0.15, -0.1) is 13.2 Å². The fourth-order valence-corrected chi connectivity index (χ4v) is 5.13. The van der Waals surface area contributed by atoms with Crippen LogP contribution in [0.15, 0.2) is 48.5 Å². The van der Waals surface area contributed by atoms with Crippen LogP contribution in [0.1, 0.15) is 44.7 Å². The molecule has 1 aliphatic heterocycles. The van der Waals surface area contributed by atoms with Crippen LogP contribution in [-0.4, -0.2) is 48.5 Å². The van der Waals surface area contributed by atoms with Crippen molar-refractivity contribution in [2.24, 2.45) is 0 Å². The third kappa shape index (κ3) is 7.18. The van der Waals surface area contributed by atoms with Gasteiger partial charge in [0, 0.05) is 24.4 Å². The standard InChI is InChI=1S/C27H31ClF3NO6/c1-4-32-24(33)26(35-16-17-7-5-9-19(28)11-17)13-21(23-22(14-26)37-25(2,3)38-23)34-15-18-8-6-10-20(12-18)36-27(29,30)31/h5-12,21-23H,4,13-16H2,1-3H3,(H,32,33)/t21-,22+,23-,26+/m0/s1. The van der Waals surface area contributed by atoms with E-state index in [1.54, 1.807) is 38.1 Å². The Hall–Kier alpha value is -2.37. The Labute approximate surface area is 224 Å². The van der Waals surface area contributed by atoms with Gasteiger partial charge in [0.2, 0.25) is 0 Å². The molecule has 2 aromatic rings. The Morgan fingerprint density at radius 2 is 1.79 bits per heavy atom. The van der Waals surface area contributed by atoms with Crippen molar-refractivity contribution in [1.29, 1.82) is 0 Å². The number of hydrogen-bond donors (Lipinski definition) is 1. The Morgan fingerprint density at radius 1 is 1.08 bits per heavy atom. The lowest BCUT2D eigenvalue weighted by molar-refractivity contribution is -0.274. The molecule has 7 nitrogen and oxygen atoms in total. The topological polar surface area (TPSA) is 75.3 Å². The lowest BCUT2D eigenvalue weighted by Gasteiger charge is -2.43. The summed E-state index contributed by atoms with van der Waals surface area (Å²) in [5.74, 6) is -1.56. The number of likely N-dealkylation sites (N-methyl/N-ethyl adjacent to an activating group) is 1. The average molecular weight is 558 g/mol. The molecule has 0 radical (unpaired) electrons. The van der Waals surface area contributed by atoms with E-state index in [9.17, 15) is 18.0 Å². The molecule has 2 fully saturated rings. The summed E-state index contributed by atoms with van der Waals surface area (Å²) in [7, 11) is 0. The summed E-state index contributed by atoms with van der Waals surface area (Å²) in [4.78, 5) is 13.4. The molecule has 1 aliphatic carbocycles. The van der Waals surface area contributed by atoms with E-state index in [0.717, 1.165) is 5.56 Å². The van der Waals surface area contributed by atoms with Gasteiger partial charge in [0.05, 0.1) is 25.4 Å². The molecular formula is C27H31ClF3NO6. The first-order valence-corrected chi connectivity index (χ1v) is 12.7. The van der Waals surface area contributed by atoms with Crippen molar-refractivity contribution in [1.82, 2.24) is 5.32 Å². The van der Waals surface area contributed by atoms with Gasteiger partial charge in [-0.25, -0.2) is 0 Å². The fraction of sp³-hybridized carbons (Fsp3) is 0.519. The Bertz CT molecular complexity index is 1130. The summed E-state index contributed by atoms with van der Waals surface area (Å²) in [6, 6.07) is 12.7. The van der Waals surface area contributed by atoms with E-state index in [1.165, 1.54) is 18.2 Å².